The van der Waals surface area contributed by atoms with Gasteiger partial charge in [0.25, 0.3) is 0 Å². The van der Waals surface area contributed by atoms with Gasteiger partial charge >= 0.3 is 0 Å². The van der Waals surface area contributed by atoms with Gasteiger partial charge < -0.3 is 20.1 Å². The number of aromatic hydroxyl groups is 1. The summed E-state index contributed by atoms with van der Waals surface area (Å²) in [6.45, 7) is 5.08. The van der Waals surface area contributed by atoms with Crippen molar-refractivity contribution in [1.29, 1.82) is 0 Å². The Kier molecular flexibility index (Phi) is 7.53. The van der Waals surface area contributed by atoms with Crippen molar-refractivity contribution in [3.05, 3.63) is 59.7 Å². The first-order valence-corrected chi connectivity index (χ1v) is 11.8. The molecule has 2 aliphatic heterocycles. The van der Waals surface area contributed by atoms with Crippen LogP contribution in [0.2, 0.25) is 0 Å². The molecule has 6 nitrogen and oxygen atoms in total. The monoisotopic (exact) mass is 436 g/mol. The van der Waals surface area contributed by atoms with Gasteiger partial charge in [-0.1, -0.05) is 36.4 Å². The zero-order valence-electron chi connectivity index (χ0n) is 19.3. The number of nitrogens with one attached hydrogen (secondary N) is 1. The molecular formula is C26H36N4O2. The highest BCUT2D eigenvalue weighted by atomic mass is 16.5. The first kappa shape index (κ1) is 22.5. The molecule has 4 rings (SSSR count). The van der Waals surface area contributed by atoms with Crippen LogP contribution in [0.3, 0.4) is 0 Å². The minimum Gasteiger partial charge on any atom is -0.508 e. The summed E-state index contributed by atoms with van der Waals surface area (Å²) in [7, 11) is 3.47. The highest BCUT2D eigenvalue weighted by molar-refractivity contribution is 5.80. The van der Waals surface area contributed by atoms with Gasteiger partial charge in [-0.2, -0.15) is 0 Å². The fourth-order valence-corrected chi connectivity index (χ4v) is 5.24. The lowest BCUT2D eigenvalue weighted by atomic mass is 9.83. The van der Waals surface area contributed by atoms with E-state index in [4.69, 9.17) is 4.74 Å². The Labute approximate surface area is 191 Å². The van der Waals surface area contributed by atoms with Crippen LogP contribution in [-0.4, -0.2) is 67.2 Å². The van der Waals surface area contributed by atoms with E-state index in [1.807, 2.05) is 19.2 Å². The number of methoxy groups -OCH3 is 1. The standard InChI is InChI=1S/C26H36N4O2/c1-27-26(28-14-12-21-10-11-23(32-2)17-25(21)31)30-16-13-24-22(19-30)9-6-15-29(24)18-20-7-4-3-5-8-20/h3-5,7-8,10-11,17,22,24,31H,6,9,12-16,18-19H2,1-2H3,(H,27,28). The van der Waals surface area contributed by atoms with Gasteiger partial charge in [-0.25, -0.2) is 0 Å². The maximum atomic E-state index is 10.2. The quantitative estimate of drug-likeness (QED) is 0.536. The van der Waals surface area contributed by atoms with Crippen LogP contribution in [0.25, 0.3) is 0 Å². The van der Waals surface area contributed by atoms with Gasteiger partial charge in [0.05, 0.1) is 7.11 Å². The van der Waals surface area contributed by atoms with Crippen LogP contribution in [0, 0.1) is 5.92 Å². The average Bonchev–Trinajstić information content (AvgIpc) is 2.83. The molecule has 2 heterocycles. The number of phenols is 1. The van der Waals surface area contributed by atoms with Gasteiger partial charge in [0.2, 0.25) is 0 Å². The summed E-state index contributed by atoms with van der Waals surface area (Å²) >= 11 is 0. The van der Waals surface area contributed by atoms with Crippen LogP contribution >= 0.6 is 0 Å². The number of phenolic OH excluding ortho intramolecular Hbond substituents is 1. The molecule has 0 aliphatic carbocycles. The van der Waals surface area contributed by atoms with E-state index >= 15 is 0 Å². The Balaban J connectivity index is 1.30. The average molecular weight is 437 g/mol. The molecule has 2 atom stereocenters. The normalized spacial score (nSPS) is 21.8. The second-order valence-electron chi connectivity index (χ2n) is 8.88. The maximum absolute atomic E-state index is 10.2. The number of hydrogen-bond acceptors (Lipinski definition) is 4. The Morgan fingerprint density at radius 3 is 2.75 bits per heavy atom. The Bertz CT molecular complexity index is 902. The predicted molar refractivity (Wildman–Crippen MR) is 129 cm³/mol. The number of benzene rings is 2. The Hall–Kier alpha value is -2.73. The molecule has 0 aromatic heterocycles. The van der Waals surface area contributed by atoms with E-state index in [1.54, 1.807) is 13.2 Å². The zero-order valence-corrected chi connectivity index (χ0v) is 19.3. The van der Waals surface area contributed by atoms with Crippen molar-refractivity contribution < 1.29 is 9.84 Å². The third-order valence-corrected chi connectivity index (χ3v) is 6.89. The minimum absolute atomic E-state index is 0.280. The predicted octanol–water partition coefficient (Wildman–Crippen LogP) is 3.51. The molecule has 2 aromatic rings. The lowest BCUT2D eigenvalue weighted by molar-refractivity contribution is 0.0373. The van der Waals surface area contributed by atoms with Crippen LogP contribution in [-0.2, 0) is 13.0 Å². The summed E-state index contributed by atoms with van der Waals surface area (Å²) in [5, 5.41) is 13.7. The number of hydrogen-bond donors (Lipinski definition) is 2. The van der Waals surface area contributed by atoms with E-state index in [9.17, 15) is 5.11 Å². The van der Waals surface area contributed by atoms with Crippen LogP contribution in [0.1, 0.15) is 30.4 Å². The van der Waals surface area contributed by atoms with Crippen molar-refractivity contribution in [3.8, 4) is 11.5 Å². The number of piperidine rings is 2. The number of likely N-dealkylation sites (tertiary alicyclic amines) is 2. The number of aliphatic imine (C=N–C) groups is 1. The smallest absolute Gasteiger partial charge is 0.193 e. The molecule has 32 heavy (non-hydrogen) atoms. The molecule has 2 unspecified atom stereocenters. The minimum atomic E-state index is 0.280. The molecule has 0 spiro atoms. The number of guanidine groups is 1. The van der Waals surface area contributed by atoms with E-state index in [2.05, 4.69) is 50.4 Å². The van der Waals surface area contributed by atoms with Gasteiger partial charge in [-0.05, 0) is 55.3 Å². The first-order valence-electron chi connectivity index (χ1n) is 11.8. The third-order valence-electron chi connectivity index (χ3n) is 6.89. The van der Waals surface area contributed by atoms with Gasteiger partial charge in [0.1, 0.15) is 11.5 Å². The highest BCUT2D eigenvalue weighted by Crippen LogP contribution is 2.31. The van der Waals surface area contributed by atoms with Crippen molar-refractivity contribution in [1.82, 2.24) is 15.1 Å². The molecule has 6 heteroatoms. The fraction of sp³-hybridized carbons (Fsp3) is 0.500. The zero-order chi connectivity index (χ0) is 22.3. The number of ether oxygens (including phenoxy) is 1. The Morgan fingerprint density at radius 1 is 1.16 bits per heavy atom. The molecule has 2 saturated heterocycles. The summed E-state index contributed by atoms with van der Waals surface area (Å²) in [4.78, 5) is 9.67. The summed E-state index contributed by atoms with van der Waals surface area (Å²) in [6, 6.07) is 17.0. The summed E-state index contributed by atoms with van der Waals surface area (Å²) in [5.41, 5.74) is 2.33. The van der Waals surface area contributed by atoms with Crippen LogP contribution in [0.5, 0.6) is 11.5 Å². The van der Waals surface area contributed by atoms with Gasteiger partial charge in [0.15, 0.2) is 5.96 Å². The van der Waals surface area contributed by atoms with E-state index in [1.165, 1.54) is 31.4 Å². The Morgan fingerprint density at radius 2 is 2.00 bits per heavy atom. The molecular weight excluding hydrogens is 400 g/mol. The molecule has 2 N–H and O–H groups in total. The molecule has 0 radical (unpaired) electrons. The summed E-state index contributed by atoms with van der Waals surface area (Å²) < 4.78 is 5.17. The third kappa shape index (κ3) is 5.36. The van der Waals surface area contributed by atoms with E-state index in [0.29, 0.717) is 17.7 Å². The molecule has 0 bridgehead atoms. The van der Waals surface area contributed by atoms with Gasteiger partial charge in [0, 0.05) is 45.3 Å². The van der Waals surface area contributed by atoms with Crippen molar-refractivity contribution >= 4 is 5.96 Å². The highest BCUT2D eigenvalue weighted by Gasteiger charge is 2.36. The second kappa shape index (κ2) is 10.7. The van der Waals surface area contributed by atoms with Crippen molar-refractivity contribution in [2.45, 2.75) is 38.3 Å². The van der Waals surface area contributed by atoms with Crippen LogP contribution in [0.15, 0.2) is 53.5 Å². The van der Waals surface area contributed by atoms with E-state index in [-0.39, 0.29) is 5.75 Å². The summed E-state index contributed by atoms with van der Waals surface area (Å²) in [6.07, 6.45) is 4.48. The van der Waals surface area contributed by atoms with E-state index < -0.39 is 0 Å². The molecule has 2 aromatic carbocycles. The van der Waals surface area contributed by atoms with Crippen molar-refractivity contribution in [2.75, 3.05) is 40.3 Å². The lowest BCUT2D eigenvalue weighted by Gasteiger charge is -2.48. The van der Waals surface area contributed by atoms with Crippen molar-refractivity contribution in [3.63, 3.8) is 0 Å². The fourth-order valence-electron chi connectivity index (χ4n) is 5.24. The number of nitrogens with zero attached hydrogens (tertiary/aromatic N) is 3. The maximum Gasteiger partial charge on any atom is 0.193 e. The topological polar surface area (TPSA) is 60.3 Å². The van der Waals surface area contributed by atoms with Crippen LogP contribution < -0.4 is 10.1 Å². The largest absolute Gasteiger partial charge is 0.508 e. The number of rotatable bonds is 6. The summed E-state index contributed by atoms with van der Waals surface area (Å²) in [5.74, 6) is 2.61. The van der Waals surface area contributed by atoms with E-state index in [0.717, 1.165) is 44.1 Å². The SMILES string of the molecule is CN=C(NCCc1ccc(OC)cc1O)N1CCC2C(CCCN2Cc2ccccc2)C1. The van der Waals surface area contributed by atoms with Gasteiger partial charge in [-0.3, -0.25) is 9.89 Å². The molecule has 0 saturated carbocycles. The van der Waals surface area contributed by atoms with Gasteiger partial charge in [-0.15, -0.1) is 0 Å². The molecule has 172 valence electrons. The lowest BCUT2D eigenvalue weighted by Crippen LogP contribution is -2.56. The van der Waals surface area contributed by atoms with Crippen molar-refractivity contribution in [2.24, 2.45) is 10.9 Å². The second-order valence-corrected chi connectivity index (χ2v) is 8.88. The first-order chi connectivity index (χ1) is 15.7. The van der Waals surface area contributed by atoms with Crippen LogP contribution in [0.4, 0.5) is 0 Å². The molecule has 2 fully saturated rings. The molecule has 2 aliphatic rings. The molecule has 0 amide bonds. The number of fused-ring (bicyclic) bond motifs is 1.